The van der Waals surface area contributed by atoms with E-state index in [2.05, 4.69) is 36.1 Å². The number of likely N-dealkylation sites (tertiary alicyclic amines) is 1. The van der Waals surface area contributed by atoms with Crippen LogP contribution >= 0.6 is 0 Å². The Kier molecular flexibility index (Phi) is 4.48. The Morgan fingerprint density at radius 3 is 2.50 bits per heavy atom. The van der Waals surface area contributed by atoms with Gasteiger partial charge in [0.25, 0.3) is 5.91 Å². The third-order valence-electron chi connectivity index (χ3n) is 4.08. The lowest BCUT2D eigenvalue weighted by Gasteiger charge is -2.20. The Labute approximate surface area is 121 Å². The number of hydrogen-bond donors (Lipinski definition) is 1. The summed E-state index contributed by atoms with van der Waals surface area (Å²) in [6.07, 6.45) is 3.47. The fourth-order valence-corrected chi connectivity index (χ4v) is 2.60. The lowest BCUT2D eigenvalue weighted by atomic mass is 10.1. The van der Waals surface area contributed by atoms with Crippen LogP contribution in [0.1, 0.15) is 51.0 Å². The third-order valence-corrected chi connectivity index (χ3v) is 4.08. The van der Waals surface area contributed by atoms with Crippen LogP contribution in [0.3, 0.4) is 0 Å². The Morgan fingerprint density at radius 1 is 1.30 bits per heavy atom. The summed E-state index contributed by atoms with van der Waals surface area (Å²) in [7, 11) is 0. The summed E-state index contributed by atoms with van der Waals surface area (Å²) in [4.78, 5) is 14.7. The van der Waals surface area contributed by atoms with Crippen molar-refractivity contribution >= 4 is 5.91 Å². The summed E-state index contributed by atoms with van der Waals surface area (Å²) < 4.78 is 1.81. The first-order chi connectivity index (χ1) is 9.38. The van der Waals surface area contributed by atoms with Gasteiger partial charge in [0.15, 0.2) is 0 Å². The maximum atomic E-state index is 12.3. The summed E-state index contributed by atoms with van der Waals surface area (Å²) in [5.74, 6) is 0.473. The zero-order valence-corrected chi connectivity index (χ0v) is 13.1. The van der Waals surface area contributed by atoms with Gasteiger partial charge in [-0.2, -0.15) is 5.10 Å². The number of aromatic nitrogens is 2. The molecule has 1 N–H and O–H groups in total. The topological polar surface area (TPSA) is 50.2 Å². The second-order valence-corrected chi connectivity index (χ2v) is 6.41. The molecule has 112 valence electrons. The fourth-order valence-electron chi connectivity index (χ4n) is 2.60. The van der Waals surface area contributed by atoms with Crippen LogP contribution < -0.4 is 5.32 Å². The molecule has 1 fully saturated rings. The first-order valence-corrected chi connectivity index (χ1v) is 7.47. The van der Waals surface area contributed by atoms with Gasteiger partial charge in [-0.1, -0.05) is 6.92 Å². The van der Waals surface area contributed by atoms with Crippen LogP contribution in [0.5, 0.6) is 0 Å². The molecule has 0 aromatic carbocycles. The van der Waals surface area contributed by atoms with Gasteiger partial charge in [0.2, 0.25) is 0 Å². The van der Waals surface area contributed by atoms with Crippen molar-refractivity contribution in [2.45, 2.75) is 52.7 Å². The molecule has 1 saturated heterocycles. The number of nitrogens with one attached hydrogen (secondary N) is 1. The van der Waals surface area contributed by atoms with E-state index in [1.54, 1.807) is 6.20 Å². The van der Waals surface area contributed by atoms with Crippen LogP contribution in [0.2, 0.25) is 0 Å². The number of hydrogen-bond acceptors (Lipinski definition) is 3. The minimum Gasteiger partial charge on any atom is -0.348 e. The molecule has 1 aromatic rings. The molecule has 0 unspecified atom stereocenters. The van der Waals surface area contributed by atoms with Crippen LogP contribution in [0.15, 0.2) is 12.4 Å². The largest absolute Gasteiger partial charge is 0.348 e. The molecular formula is C15H26N4O. The molecule has 1 amide bonds. The normalized spacial score (nSPS) is 23.8. The van der Waals surface area contributed by atoms with Crippen LogP contribution in [0.4, 0.5) is 0 Å². The molecule has 1 aromatic heterocycles. The number of amides is 1. The zero-order valence-electron chi connectivity index (χ0n) is 13.1. The highest BCUT2D eigenvalue weighted by molar-refractivity contribution is 5.93. The van der Waals surface area contributed by atoms with Crippen molar-refractivity contribution in [2.75, 3.05) is 13.1 Å². The van der Waals surface area contributed by atoms with E-state index in [-0.39, 0.29) is 18.0 Å². The molecule has 0 radical (unpaired) electrons. The first-order valence-electron chi connectivity index (χ1n) is 7.47. The summed E-state index contributed by atoms with van der Waals surface area (Å²) in [6, 6.07) is 1.04. The van der Waals surface area contributed by atoms with E-state index >= 15 is 0 Å². The Balaban J connectivity index is 1.97. The number of rotatable bonds is 4. The second kappa shape index (κ2) is 5.95. The smallest absolute Gasteiger partial charge is 0.254 e. The van der Waals surface area contributed by atoms with Crippen LogP contribution in [-0.2, 0) is 0 Å². The van der Waals surface area contributed by atoms with Gasteiger partial charge in [-0.3, -0.25) is 14.4 Å². The zero-order chi connectivity index (χ0) is 14.9. The molecule has 1 aliphatic heterocycles. The summed E-state index contributed by atoms with van der Waals surface area (Å²) in [5, 5.41) is 7.37. The molecule has 5 heteroatoms. The predicted molar refractivity (Wildman–Crippen MR) is 79.7 cm³/mol. The van der Waals surface area contributed by atoms with E-state index in [0.29, 0.717) is 17.5 Å². The molecule has 0 spiro atoms. The Hall–Kier alpha value is -1.36. The average molecular weight is 278 g/mol. The minimum atomic E-state index is -0.0145. The first kappa shape index (κ1) is 15.0. The van der Waals surface area contributed by atoms with E-state index in [9.17, 15) is 4.79 Å². The van der Waals surface area contributed by atoms with Gasteiger partial charge in [-0.05, 0) is 33.6 Å². The number of carbonyl (C=O) groups is 1. The molecule has 20 heavy (non-hydrogen) atoms. The van der Waals surface area contributed by atoms with Crippen molar-refractivity contribution in [2.24, 2.45) is 5.92 Å². The maximum Gasteiger partial charge on any atom is 0.254 e. The van der Waals surface area contributed by atoms with Crippen molar-refractivity contribution in [3.05, 3.63) is 18.0 Å². The highest BCUT2D eigenvalue weighted by Gasteiger charge is 2.32. The Bertz CT molecular complexity index is 466. The van der Waals surface area contributed by atoms with Gasteiger partial charge in [-0.15, -0.1) is 0 Å². The summed E-state index contributed by atoms with van der Waals surface area (Å²) in [5.41, 5.74) is 0.647. The molecular weight excluding hydrogens is 252 g/mol. The van der Waals surface area contributed by atoms with Gasteiger partial charge < -0.3 is 5.32 Å². The van der Waals surface area contributed by atoms with E-state index < -0.39 is 0 Å². The van der Waals surface area contributed by atoms with Crippen LogP contribution in [0.25, 0.3) is 0 Å². The lowest BCUT2D eigenvalue weighted by molar-refractivity contribution is 0.0930. The fraction of sp³-hybridized carbons (Fsp3) is 0.733. The van der Waals surface area contributed by atoms with Crippen molar-refractivity contribution in [3.8, 4) is 0 Å². The molecule has 1 aliphatic rings. The molecule has 0 saturated carbocycles. The molecule has 0 bridgehead atoms. The quantitative estimate of drug-likeness (QED) is 0.915. The van der Waals surface area contributed by atoms with E-state index in [1.165, 1.54) is 0 Å². The van der Waals surface area contributed by atoms with E-state index in [0.717, 1.165) is 13.1 Å². The number of nitrogens with zero attached hydrogens (tertiary/aromatic N) is 3. The molecule has 5 nitrogen and oxygen atoms in total. The maximum absolute atomic E-state index is 12.3. The van der Waals surface area contributed by atoms with Crippen LogP contribution in [0, 0.1) is 5.92 Å². The third kappa shape index (κ3) is 3.20. The molecule has 2 rings (SSSR count). The Morgan fingerprint density at radius 2 is 2.00 bits per heavy atom. The van der Waals surface area contributed by atoms with Gasteiger partial charge in [-0.25, -0.2) is 0 Å². The minimum absolute atomic E-state index is 0.0145. The van der Waals surface area contributed by atoms with Gasteiger partial charge in [0, 0.05) is 37.4 Å². The van der Waals surface area contributed by atoms with Gasteiger partial charge >= 0.3 is 0 Å². The van der Waals surface area contributed by atoms with Crippen molar-refractivity contribution in [1.82, 2.24) is 20.0 Å². The molecule has 2 atom stereocenters. The average Bonchev–Trinajstić information content (AvgIpc) is 2.97. The van der Waals surface area contributed by atoms with E-state index in [1.807, 2.05) is 24.7 Å². The van der Waals surface area contributed by atoms with Crippen molar-refractivity contribution in [1.29, 1.82) is 0 Å². The summed E-state index contributed by atoms with van der Waals surface area (Å²) in [6.45, 7) is 12.7. The highest BCUT2D eigenvalue weighted by atomic mass is 16.1. The SMILES string of the molecule is CC(C)N1C[C@H](C)[C@H](NC(=O)c2cnn(C(C)C)c2)C1. The standard InChI is InChI=1S/C15H26N4O/c1-10(2)18-7-12(5)14(9-18)17-15(20)13-6-16-19(8-13)11(3)4/h6,8,10-12,14H,7,9H2,1-5H3,(H,17,20)/t12-,14+/m0/s1. The summed E-state index contributed by atoms with van der Waals surface area (Å²) >= 11 is 0. The molecule has 0 aliphatic carbocycles. The van der Waals surface area contributed by atoms with Gasteiger partial charge in [0.1, 0.15) is 0 Å². The van der Waals surface area contributed by atoms with Crippen molar-refractivity contribution in [3.63, 3.8) is 0 Å². The van der Waals surface area contributed by atoms with Crippen LogP contribution in [-0.4, -0.2) is 45.8 Å². The number of carbonyl (C=O) groups excluding carboxylic acids is 1. The monoisotopic (exact) mass is 278 g/mol. The second-order valence-electron chi connectivity index (χ2n) is 6.41. The van der Waals surface area contributed by atoms with E-state index in [4.69, 9.17) is 0 Å². The van der Waals surface area contributed by atoms with Crippen molar-refractivity contribution < 1.29 is 4.79 Å². The molecule has 2 heterocycles. The lowest BCUT2D eigenvalue weighted by Crippen LogP contribution is -2.40. The van der Waals surface area contributed by atoms with Gasteiger partial charge in [0.05, 0.1) is 11.8 Å². The predicted octanol–water partition coefficient (Wildman–Crippen LogP) is 1.92. The highest BCUT2D eigenvalue weighted by Crippen LogP contribution is 2.19.